The molecule has 0 bridgehead atoms. The second-order valence-electron chi connectivity index (χ2n) is 4.84. The summed E-state index contributed by atoms with van der Waals surface area (Å²) in [5, 5.41) is 10.3. The normalized spacial score (nSPS) is 12.1. The van der Waals surface area contributed by atoms with Crippen molar-refractivity contribution < 1.29 is 14.3 Å². The topological polar surface area (TPSA) is 42.6 Å². The molecule has 3 rings (SSSR count). The van der Waals surface area contributed by atoms with E-state index in [1.807, 2.05) is 67.6 Å². The lowest BCUT2D eigenvalue weighted by molar-refractivity contribution is 0.187. The van der Waals surface area contributed by atoms with Crippen molar-refractivity contribution in [3.63, 3.8) is 0 Å². The maximum atomic E-state index is 10.3. The van der Waals surface area contributed by atoms with Crippen molar-refractivity contribution in [2.45, 2.75) is 13.0 Å². The Morgan fingerprint density at radius 1 is 0.857 bits per heavy atom. The fourth-order valence-electron chi connectivity index (χ4n) is 2.11. The fourth-order valence-corrected chi connectivity index (χ4v) is 2.11. The third-order valence-electron chi connectivity index (χ3n) is 3.21. The Bertz CT molecular complexity index is 699. The van der Waals surface area contributed by atoms with Gasteiger partial charge in [-0.05, 0) is 48.9 Å². The predicted octanol–water partition coefficient (Wildman–Crippen LogP) is 4.46. The van der Waals surface area contributed by atoms with E-state index >= 15 is 0 Å². The van der Waals surface area contributed by atoms with Crippen LogP contribution in [-0.4, -0.2) is 5.11 Å². The van der Waals surface area contributed by atoms with Gasteiger partial charge >= 0.3 is 0 Å². The number of aliphatic hydroxyl groups excluding tert-OH is 1. The Morgan fingerprint density at radius 3 is 2.14 bits per heavy atom. The van der Waals surface area contributed by atoms with Gasteiger partial charge in [0.05, 0.1) is 0 Å². The van der Waals surface area contributed by atoms with Gasteiger partial charge in [-0.2, -0.15) is 0 Å². The van der Waals surface area contributed by atoms with Crippen molar-refractivity contribution in [3.8, 4) is 11.5 Å². The van der Waals surface area contributed by atoms with Crippen molar-refractivity contribution in [2.24, 2.45) is 0 Å². The molecule has 0 aliphatic carbocycles. The van der Waals surface area contributed by atoms with Crippen LogP contribution < -0.4 is 4.74 Å². The zero-order valence-electron chi connectivity index (χ0n) is 11.7. The van der Waals surface area contributed by atoms with Crippen LogP contribution in [0.3, 0.4) is 0 Å². The third-order valence-corrected chi connectivity index (χ3v) is 3.21. The van der Waals surface area contributed by atoms with Gasteiger partial charge in [-0.3, -0.25) is 0 Å². The van der Waals surface area contributed by atoms with Gasteiger partial charge in [-0.25, -0.2) is 0 Å². The number of rotatable bonds is 4. The molecule has 0 amide bonds. The van der Waals surface area contributed by atoms with E-state index in [-0.39, 0.29) is 0 Å². The minimum absolute atomic E-state index is 0.546. The molecule has 0 saturated heterocycles. The summed E-state index contributed by atoms with van der Waals surface area (Å²) in [7, 11) is 0. The third kappa shape index (κ3) is 3.15. The first-order valence-corrected chi connectivity index (χ1v) is 6.79. The van der Waals surface area contributed by atoms with Crippen LogP contribution in [0.25, 0.3) is 0 Å². The highest BCUT2D eigenvalue weighted by atomic mass is 16.5. The van der Waals surface area contributed by atoms with Gasteiger partial charge in [-0.1, -0.05) is 30.3 Å². The van der Waals surface area contributed by atoms with Crippen molar-refractivity contribution in [1.82, 2.24) is 0 Å². The van der Waals surface area contributed by atoms with E-state index in [9.17, 15) is 5.11 Å². The molecule has 0 spiro atoms. The van der Waals surface area contributed by atoms with E-state index in [0.29, 0.717) is 5.76 Å². The average molecular weight is 280 g/mol. The first kappa shape index (κ1) is 13.5. The van der Waals surface area contributed by atoms with Crippen LogP contribution in [0.1, 0.15) is 23.2 Å². The molecule has 21 heavy (non-hydrogen) atoms. The number of aliphatic hydroxyl groups is 1. The molecule has 2 aromatic carbocycles. The summed E-state index contributed by atoms with van der Waals surface area (Å²) in [6.07, 6.45) is -0.760. The van der Waals surface area contributed by atoms with Gasteiger partial charge in [0.2, 0.25) is 0 Å². The highest BCUT2D eigenvalue weighted by Crippen LogP contribution is 2.27. The molecule has 0 fully saturated rings. The number of aryl methyl sites for hydroxylation is 1. The highest BCUT2D eigenvalue weighted by molar-refractivity contribution is 5.35. The first-order valence-electron chi connectivity index (χ1n) is 6.79. The fraction of sp³-hybridized carbons (Fsp3) is 0.111. The van der Waals surface area contributed by atoms with E-state index in [1.165, 1.54) is 0 Å². The molecule has 1 atom stereocenters. The number of furan rings is 1. The molecule has 3 nitrogen and oxygen atoms in total. The Hall–Kier alpha value is -2.52. The molecule has 0 saturated carbocycles. The second kappa shape index (κ2) is 5.85. The number of para-hydroxylation sites is 1. The largest absolute Gasteiger partial charge is 0.463 e. The van der Waals surface area contributed by atoms with Gasteiger partial charge in [0, 0.05) is 0 Å². The van der Waals surface area contributed by atoms with Crippen molar-refractivity contribution >= 4 is 0 Å². The molecule has 0 aliphatic rings. The van der Waals surface area contributed by atoms with Crippen LogP contribution in [0.4, 0.5) is 0 Å². The molecule has 0 aliphatic heterocycles. The summed E-state index contributed by atoms with van der Waals surface area (Å²) in [5.74, 6) is 2.84. The SMILES string of the molecule is Cc1ccc([C@H](O)c2ccc(Oc3ccccc3)cc2)o1. The summed E-state index contributed by atoms with van der Waals surface area (Å²) in [6.45, 7) is 1.85. The van der Waals surface area contributed by atoms with Crippen molar-refractivity contribution in [1.29, 1.82) is 0 Å². The molecule has 1 heterocycles. The molecular weight excluding hydrogens is 264 g/mol. The number of ether oxygens (including phenoxy) is 1. The number of hydrogen-bond acceptors (Lipinski definition) is 3. The van der Waals surface area contributed by atoms with Crippen molar-refractivity contribution in [3.05, 3.63) is 83.8 Å². The first-order chi connectivity index (χ1) is 10.2. The Balaban J connectivity index is 1.75. The van der Waals surface area contributed by atoms with Crippen LogP contribution >= 0.6 is 0 Å². The van der Waals surface area contributed by atoms with Crippen LogP contribution in [0.15, 0.2) is 71.1 Å². The van der Waals surface area contributed by atoms with Gasteiger partial charge in [0.25, 0.3) is 0 Å². The van der Waals surface area contributed by atoms with E-state index in [4.69, 9.17) is 9.15 Å². The van der Waals surface area contributed by atoms with E-state index in [2.05, 4.69) is 0 Å². The molecule has 3 heteroatoms. The van der Waals surface area contributed by atoms with E-state index in [1.54, 1.807) is 6.07 Å². The molecule has 1 aromatic heterocycles. The van der Waals surface area contributed by atoms with Gasteiger partial charge in [0.1, 0.15) is 29.1 Å². The summed E-state index contributed by atoms with van der Waals surface area (Å²) >= 11 is 0. The quantitative estimate of drug-likeness (QED) is 0.767. The van der Waals surface area contributed by atoms with Crippen LogP contribution in [-0.2, 0) is 0 Å². The number of hydrogen-bond donors (Lipinski definition) is 1. The van der Waals surface area contributed by atoms with Crippen LogP contribution in [0.5, 0.6) is 11.5 Å². The molecule has 1 N–H and O–H groups in total. The summed E-state index contributed by atoms with van der Waals surface area (Å²) < 4.78 is 11.2. The molecular formula is C18H16O3. The predicted molar refractivity (Wildman–Crippen MR) is 80.5 cm³/mol. The molecule has 0 radical (unpaired) electrons. The minimum atomic E-state index is -0.760. The van der Waals surface area contributed by atoms with E-state index < -0.39 is 6.10 Å². The van der Waals surface area contributed by atoms with Gasteiger partial charge < -0.3 is 14.3 Å². The average Bonchev–Trinajstić information content (AvgIpc) is 2.95. The Labute approximate surface area is 123 Å². The minimum Gasteiger partial charge on any atom is -0.463 e. The maximum absolute atomic E-state index is 10.3. The monoisotopic (exact) mass is 280 g/mol. The zero-order chi connectivity index (χ0) is 14.7. The smallest absolute Gasteiger partial charge is 0.137 e. The second-order valence-corrected chi connectivity index (χ2v) is 4.84. The molecule has 3 aromatic rings. The van der Waals surface area contributed by atoms with Crippen LogP contribution in [0, 0.1) is 6.92 Å². The lowest BCUT2D eigenvalue weighted by atomic mass is 10.1. The Kier molecular flexibility index (Phi) is 3.75. The molecule has 106 valence electrons. The molecule has 0 unspecified atom stereocenters. The van der Waals surface area contributed by atoms with Gasteiger partial charge in [-0.15, -0.1) is 0 Å². The standard InChI is InChI=1S/C18H16O3/c1-13-7-12-17(20-13)18(19)14-8-10-16(11-9-14)21-15-5-3-2-4-6-15/h2-12,18-19H,1H3/t18-/m1/s1. The highest BCUT2D eigenvalue weighted by Gasteiger charge is 2.14. The Morgan fingerprint density at radius 2 is 1.52 bits per heavy atom. The van der Waals surface area contributed by atoms with E-state index in [0.717, 1.165) is 22.8 Å². The summed E-state index contributed by atoms with van der Waals surface area (Å²) in [6, 6.07) is 20.5. The van der Waals surface area contributed by atoms with Gasteiger partial charge in [0.15, 0.2) is 0 Å². The summed E-state index contributed by atoms with van der Waals surface area (Å²) in [4.78, 5) is 0. The lowest BCUT2D eigenvalue weighted by Crippen LogP contribution is -1.97. The van der Waals surface area contributed by atoms with Crippen molar-refractivity contribution in [2.75, 3.05) is 0 Å². The lowest BCUT2D eigenvalue weighted by Gasteiger charge is -2.10. The number of benzene rings is 2. The maximum Gasteiger partial charge on any atom is 0.137 e. The zero-order valence-corrected chi connectivity index (χ0v) is 11.7. The summed E-state index contributed by atoms with van der Waals surface area (Å²) in [5.41, 5.74) is 0.768. The van der Waals surface area contributed by atoms with Crippen LogP contribution in [0.2, 0.25) is 0 Å².